The molecule has 0 bridgehead atoms. The van der Waals surface area contributed by atoms with Gasteiger partial charge in [0.2, 0.25) is 5.58 Å². The second-order valence-corrected chi connectivity index (χ2v) is 9.31. The van der Waals surface area contributed by atoms with E-state index in [0.717, 1.165) is 33.2 Å². The minimum absolute atomic E-state index is 0.928. The molecule has 0 amide bonds. The minimum Gasteiger partial charge on any atom is -0.448 e. The highest BCUT2D eigenvalue weighted by molar-refractivity contribution is 6.18. The zero-order chi connectivity index (χ0) is 23.5. The summed E-state index contributed by atoms with van der Waals surface area (Å²) >= 11 is 0. The number of hydrogen-bond donors (Lipinski definition) is 0. The summed E-state index contributed by atoms with van der Waals surface area (Å²) in [6, 6.07) is 36.8. The van der Waals surface area contributed by atoms with Crippen LogP contribution in [0.5, 0.6) is 0 Å². The van der Waals surface area contributed by atoms with E-state index in [1.807, 2.05) is 0 Å². The summed E-state index contributed by atoms with van der Waals surface area (Å²) in [4.78, 5) is 0. The molecule has 0 aliphatic carbocycles. The topological polar surface area (TPSA) is 17.0 Å². The van der Waals surface area contributed by atoms with E-state index in [1.165, 1.54) is 38.2 Å². The fourth-order valence-electron chi connectivity index (χ4n) is 5.54. The molecule has 0 fully saturated rings. The molecule has 5 aromatic carbocycles. The molecule has 0 saturated heterocycles. The van der Waals surface area contributed by atoms with Crippen LogP contribution in [0.15, 0.2) is 114 Å². The van der Waals surface area contributed by atoms with Crippen LogP contribution in [0.4, 0.5) is 0 Å². The maximum absolute atomic E-state index is 6.80. The number of nitrogens with zero attached hydrogens (tertiary/aromatic N) is 1. The number of fused-ring (bicyclic) bond motifs is 6. The molecule has 2 aromatic heterocycles. The van der Waals surface area contributed by atoms with Crippen LogP contribution < -0.4 is 4.57 Å². The first-order valence-corrected chi connectivity index (χ1v) is 12.0. The second kappa shape index (κ2) is 7.54. The molecule has 0 saturated carbocycles. The summed E-state index contributed by atoms with van der Waals surface area (Å²) in [5.41, 5.74) is 7.71. The average Bonchev–Trinajstić information content (AvgIpc) is 3.28. The number of rotatable bonds is 2. The van der Waals surface area contributed by atoms with E-state index in [4.69, 9.17) is 4.42 Å². The van der Waals surface area contributed by atoms with Crippen molar-refractivity contribution in [1.82, 2.24) is 0 Å². The lowest BCUT2D eigenvalue weighted by Gasteiger charge is -2.11. The van der Waals surface area contributed by atoms with Crippen molar-refractivity contribution in [2.75, 3.05) is 0 Å². The molecule has 2 nitrogen and oxygen atoms in total. The van der Waals surface area contributed by atoms with Gasteiger partial charge in [0.05, 0.1) is 5.56 Å². The Morgan fingerprint density at radius 1 is 0.543 bits per heavy atom. The Bertz CT molecular complexity index is 1930. The number of hydrogen-bond acceptors (Lipinski definition) is 1. The highest BCUT2D eigenvalue weighted by Crippen LogP contribution is 2.42. The van der Waals surface area contributed by atoms with Gasteiger partial charge in [-0.15, -0.1) is 0 Å². The summed E-state index contributed by atoms with van der Waals surface area (Å²) in [5, 5.41) is 7.30. The summed E-state index contributed by atoms with van der Waals surface area (Å²) < 4.78 is 8.96. The van der Waals surface area contributed by atoms with Crippen LogP contribution in [0.25, 0.3) is 65.9 Å². The Kier molecular flexibility index (Phi) is 4.31. The molecule has 166 valence electrons. The average molecular weight is 451 g/mol. The molecule has 0 aliphatic heterocycles. The van der Waals surface area contributed by atoms with E-state index in [-0.39, 0.29) is 0 Å². The molecular weight excluding hydrogens is 426 g/mol. The fourth-order valence-corrected chi connectivity index (χ4v) is 5.54. The molecule has 0 N–H and O–H groups in total. The van der Waals surface area contributed by atoms with E-state index in [1.54, 1.807) is 0 Å². The molecule has 0 atom stereocenters. The SMILES string of the molecule is Cc1ccccc1-c1c2oc3c(-c4cc5ccccc5c5ccccc45)cccc3c2cc[n+]1C. The van der Waals surface area contributed by atoms with E-state index >= 15 is 0 Å². The smallest absolute Gasteiger partial charge is 0.256 e. The van der Waals surface area contributed by atoms with Crippen LogP contribution in [-0.2, 0) is 7.05 Å². The predicted octanol–water partition coefficient (Wildman–Crippen LogP) is 8.36. The van der Waals surface area contributed by atoms with Crippen molar-refractivity contribution in [1.29, 1.82) is 0 Å². The molecule has 2 heteroatoms. The first-order valence-electron chi connectivity index (χ1n) is 12.0. The van der Waals surface area contributed by atoms with Gasteiger partial charge in [0.1, 0.15) is 12.6 Å². The molecule has 0 radical (unpaired) electrons. The van der Waals surface area contributed by atoms with Gasteiger partial charge in [-0.05, 0) is 51.7 Å². The number of aromatic nitrogens is 1. The second-order valence-electron chi connectivity index (χ2n) is 9.31. The van der Waals surface area contributed by atoms with Gasteiger partial charge in [-0.2, -0.15) is 4.57 Å². The van der Waals surface area contributed by atoms with Crippen LogP contribution in [-0.4, -0.2) is 0 Å². The van der Waals surface area contributed by atoms with Gasteiger partial charge in [-0.25, -0.2) is 0 Å². The van der Waals surface area contributed by atoms with Gasteiger partial charge in [0.25, 0.3) is 5.69 Å². The van der Waals surface area contributed by atoms with Gasteiger partial charge in [-0.3, -0.25) is 0 Å². The zero-order valence-electron chi connectivity index (χ0n) is 19.7. The largest absolute Gasteiger partial charge is 0.448 e. The Labute approximate surface area is 203 Å². The molecule has 7 rings (SSSR count). The Morgan fingerprint density at radius 3 is 2.06 bits per heavy atom. The number of furan rings is 1. The predicted molar refractivity (Wildman–Crippen MR) is 146 cm³/mol. The lowest BCUT2D eigenvalue weighted by atomic mass is 9.92. The van der Waals surface area contributed by atoms with Crippen molar-refractivity contribution in [3.63, 3.8) is 0 Å². The Hall–Kier alpha value is -4.43. The van der Waals surface area contributed by atoms with E-state index in [0.29, 0.717) is 0 Å². The third-order valence-corrected chi connectivity index (χ3v) is 7.24. The zero-order valence-corrected chi connectivity index (χ0v) is 19.7. The number of pyridine rings is 1. The van der Waals surface area contributed by atoms with E-state index in [2.05, 4.69) is 128 Å². The van der Waals surface area contributed by atoms with Crippen LogP contribution in [0.3, 0.4) is 0 Å². The first kappa shape index (κ1) is 20.0. The van der Waals surface area contributed by atoms with Crippen molar-refractivity contribution in [3.8, 4) is 22.4 Å². The minimum atomic E-state index is 0.928. The number of para-hydroxylation sites is 1. The van der Waals surface area contributed by atoms with Crippen LogP contribution in [0.2, 0.25) is 0 Å². The van der Waals surface area contributed by atoms with Gasteiger partial charge in [0, 0.05) is 22.4 Å². The van der Waals surface area contributed by atoms with Crippen molar-refractivity contribution in [3.05, 3.63) is 115 Å². The van der Waals surface area contributed by atoms with Crippen molar-refractivity contribution < 1.29 is 8.98 Å². The van der Waals surface area contributed by atoms with Gasteiger partial charge in [0.15, 0.2) is 6.20 Å². The summed E-state index contributed by atoms with van der Waals surface area (Å²) in [6.45, 7) is 2.16. The summed E-state index contributed by atoms with van der Waals surface area (Å²) in [6.07, 6.45) is 2.14. The van der Waals surface area contributed by atoms with E-state index in [9.17, 15) is 0 Å². The Balaban J connectivity index is 1.60. The monoisotopic (exact) mass is 450 g/mol. The van der Waals surface area contributed by atoms with Crippen LogP contribution in [0, 0.1) is 6.92 Å². The third kappa shape index (κ3) is 2.93. The fraction of sp³-hybridized carbons (Fsp3) is 0.0606. The lowest BCUT2D eigenvalue weighted by molar-refractivity contribution is -0.659. The molecule has 0 aliphatic rings. The molecule has 7 aromatic rings. The molecule has 0 unspecified atom stereocenters. The number of benzene rings is 5. The highest BCUT2D eigenvalue weighted by atomic mass is 16.3. The molecule has 2 heterocycles. The van der Waals surface area contributed by atoms with Crippen molar-refractivity contribution >= 4 is 43.5 Å². The molecular formula is C33H24NO+. The maximum Gasteiger partial charge on any atom is 0.256 e. The van der Waals surface area contributed by atoms with Gasteiger partial charge >= 0.3 is 0 Å². The van der Waals surface area contributed by atoms with E-state index < -0.39 is 0 Å². The van der Waals surface area contributed by atoms with Crippen LogP contribution in [0.1, 0.15) is 5.56 Å². The van der Waals surface area contributed by atoms with Crippen molar-refractivity contribution in [2.45, 2.75) is 6.92 Å². The first-order chi connectivity index (χ1) is 17.2. The normalized spacial score (nSPS) is 11.7. The lowest BCUT2D eigenvalue weighted by Crippen LogP contribution is -2.30. The van der Waals surface area contributed by atoms with Crippen LogP contribution >= 0.6 is 0 Å². The Morgan fingerprint density at radius 2 is 1.20 bits per heavy atom. The highest BCUT2D eigenvalue weighted by Gasteiger charge is 2.23. The standard InChI is InChI=1S/C33H24NO/c1-21-10-3-5-12-23(21)31-33-29(18-19-34(31)2)27-16-9-17-28(32(27)35-33)30-20-22-11-4-6-13-24(22)25-14-7-8-15-26(25)30/h3-20H,1-2H3/q+1. The van der Waals surface area contributed by atoms with Gasteiger partial charge in [-0.1, -0.05) is 84.9 Å². The number of aryl methyl sites for hydroxylation is 2. The van der Waals surface area contributed by atoms with Crippen molar-refractivity contribution in [2.24, 2.45) is 7.05 Å². The quantitative estimate of drug-likeness (QED) is 0.191. The molecule has 0 spiro atoms. The molecule has 35 heavy (non-hydrogen) atoms. The summed E-state index contributed by atoms with van der Waals surface area (Å²) in [5.74, 6) is 0. The maximum atomic E-state index is 6.80. The van der Waals surface area contributed by atoms with Gasteiger partial charge < -0.3 is 4.42 Å². The summed E-state index contributed by atoms with van der Waals surface area (Å²) in [7, 11) is 2.09. The third-order valence-electron chi connectivity index (χ3n) is 7.24.